The molecule has 2 N–H and O–H groups in total. The number of phenolic OH excluding ortho intramolecular Hbond substituents is 1. The zero-order valence-electron chi connectivity index (χ0n) is 10.8. The van der Waals surface area contributed by atoms with Gasteiger partial charge in [-0.25, -0.2) is 0 Å². The SMILES string of the molecule is O=C1COC2(CCNCC2)CN1c1cccc(O)c1. The second kappa shape index (κ2) is 4.83. The van der Waals surface area contributed by atoms with Crippen LogP contribution in [0, 0.1) is 0 Å². The minimum atomic E-state index is -0.232. The van der Waals surface area contributed by atoms with Crippen LogP contribution in [0.4, 0.5) is 5.69 Å². The van der Waals surface area contributed by atoms with Crippen LogP contribution in [-0.2, 0) is 9.53 Å². The number of benzene rings is 1. The van der Waals surface area contributed by atoms with Gasteiger partial charge in [-0.05, 0) is 38.1 Å². The van der Waals surface area contributed by atoms with Crippen molar-refractivity contribution in [1.82, 2.24) is 5.32 Å². The van der Waals surface area contributed by atoms with Crippen LogP contribution in [0.5, 0.6) is 5.75 Å². The molecule has 1 aromatic rings. The van der Waals surface area contributed by atoms with Gasteiger partial charge in [-0.3, -0.25) is 4.79 Å². The molecule has 102 valence electrons. The molecular weight excluding hydrogens is 244 g/mol. The molecule has 0 atom stereocenters. The largest absolute Gasteiger partial charge is 0.508 e. The first-order chi connectivity index (χ1) is 9.19. The molecule has 5 heteroatoms. The number of hydrogen-bond acceptors (Lipinski definition) is 4. The van der Waals surface area contributed by atoms with Crippen LogP contribution < -0.4 is 10.2 Å². The summed E-state index contributed by atoms with van der Waals surface area (Å²) in [6.07, 6.45) is 1.82. The highest BCUT2D eigenvalue weighted by molar-refractivity contribution is 5.95. The topological polar surface area (TPSA) is 61.8 Å². The molecular formula is C14H18N2O3. The number of phenols is 1. The summed E-state index contributed by atoms with van der Waals surface area (Å²) in [7, 11) is 0. The van der Waals surface area contributed by atoms with Crippen molar-refractivity contribution < 1.29 is 14.6 Å². The lowest BCUT2D eigenvalue weighted by Crippen LogP contribution is -2.58. The summed E-state index contributed by atoms with van der Waals surface area (Å²) in [6, 6.07) is 6.83. The summed E-state index contributed by atoms with van der Waals surface area (Å²) >= 11 is 0. The maximum Gasteiger partial charge on any atom is 0.253 e. The molecule has 0 aromatic heterocycles. The highest BCUT2D eigenvalue weighted by Gasteiger charge is 2.41. The molecule has 0 radical (unpaired) electrons. The van der Waals surface area contributed by atoms with Crippen molar-refractivity contribution >= 4 is 11.6 Å². The van der Waals surface area contributed by atoms with Crippen LogP contribution in [-0.4, -0.2) is 42.9 Å². The van der Waals surface area contributed by atoms with E-state index in [0.717, 1.165) is 31.6 Å². The lowest BCUT2D eigenvalue weighted by Gasteiger charge is -2.44. The van der Waals surface area contributed by atoms with Crippen LogP contribution >= 0.6 is 0 Å². The van der Waals surface area contributed by atoms with Gasteiger partial charge >= 0.3 is 0 Å². The number of anilines is 1. The fraction of sp³-hybridized carbons (Fsp3) is 0.500. The molecule has 0 unspecified atom stereocenters. The van der Waals surface area contributed by atoms with Crippen LogP contribution in [0.15, 0.2) is 24.3 Å². The zero-order chi connectivity index (χ0) is 13.3. The number of aromatic hydroxyl groups is 1. The number of morpholine rings is 1. The molecule has 2 fully saturated rings. The zero-order valence-corrected chi connectivity index (χ0v) is 10.8. The van der Waals surface area contributed by atoms with E-state index in [2.05, 4.69) is 5.32 Å². The van der Waals surface area contributed by atoms with Gasteiger partial charge in [0.15, 0.2) is 0 Å². The van der Waals surface area contributed by atoms with E-state index >= 15 is 0 Å². The van der Waals surface area contributed by atoms with Crippen molar-refractivity contribution in [3.8, 4) is 5.75 Å². The highest BCUT2D eigenvalue weighted by Crippen LogP contribution is 2.31. The fourth-order valence-electron chi connectivity index (χ4n) is 2.80. The molecule has 2 heterocycles. The van der Waals surface area contributed by atoms with Gasteiger partial charge < -0.3 is 20.1 Å². The molecule has 0 bridgehead atoms. The third kappa shape index (κ3) is 2.43. The molecule has 2 saturated heterocycles. The third-order valence-electron chi connectivity index (χ3n) is 3.91. The molecule has 19 heavy (non-hydrogen) atoms. The first-order valence-electron chi connectivity index (χ1n) is 6.63. The Balaban J connectivity index is 1.85. The summed E-state index contributed by atoms with van der Waals surface area (Å²) < 4.78 is 5.81. The number of carbonyl (C=O) groups is 1. The Labute approximate surface area is 112 Å². The smallest absolute Gasteiger partial charge is 0.253 e. The first-order valence-corrected chi connectivity index (χ1v) is 6.63. The average molecular weight is 262 g/mol. The van der Waals surface area contributed by atoms with Gasteiger partial charge in [0.2, 0.25) is 0 Å². The van der Waals surface area contributed by atoms with E-state index in [1.807, 2.05) is 6.07 Å². The van der Waals surface area contributed by atoms with E-state index in [1.165, 1.54) is 0 Å². The molecule has 0 aliphatic carbocycles. The summed E-state index contributed by atoms with van der Waals surface area (Å²) in [6.45, 7) is 2.52. The maximum atomic E-state index is 12.0. The average Bonchev–Trinajstić information content (AvgIpc) is 2.43. The van der Waals surface area contributed by atoms with Crippen molar-refractivity contribution in [2.45, 2.75) is 18.4 Å². The van der Waals surface area contributed by atoms with Gasteiger partial charge in [0.25, 0.3) is 5.91 Å². The number of amides is 1. The van der Waals surface area contributed by atoms with Crippen LogP contribution in [0.1, 0.15) is 12.8 Å². The Kier molecular flexibility index (Phi) is 3.16. The lowest BCUT2D eigenvalue weighted by molar-refractivity contribution is -0.141. The van der Waals surface area contributed by atoms with Crippen molar-refractivity contribution in [2.24, 2.45) is 0 Å². The van der Waals surface area contributed by atoms with Crippen LogP contribution in [0.3, 0.4) is 0 Å². The molecule has 2 aliphatic rings. The predicted octanol–water partition coefficient (Wildman–Crippen LogP) is 0.878. The van der Waals surface area contributed by atoms with Gasteiger partial charge in [-0.15, -0.1) is 0 Å². The normalized spacial score (nSPS) is 22.7. The quantitative estimate of drug-likeness (QED) is 0.788. The maximum absolute atomic E-state index is 12.0. The summed E-state index contributed by atoms with van der Waals surface area (Å²) in [5, 5.41) is 12.9. The second-order valence-electron chi connectivity index (χ2n) is 5.22. The van der Waals surface area contributed by atoms with E-state index in [-0.39, 0.29) is 23.9 Å². The Morgan fingerprint density at radius 3 is 2.84 bits per heavy atom. The highest BCUT2D eigenvalue weighted by atomic mass is 16.5. The first kappa shape index (κ1) is 12.4. The van der Waals surface area contributed by atoms with Gasteiger partial charge in [0.1, 0.15) is 12.4 Å². The van der Waals surface area contributed by atoms with Crippen molar-refractivity contribution in [3.05, 3.63) is 24.3 Å². The number of hydrogen-bond donors (Lipinski definition) is 2. The van der Waals surface area contributed by atoms with Gasteiger partial charge in [0, 0.05) is 11.8 Å². The Morgan fingerprint density at radius 2 is 2.11 bits per heavy atom. The van der Waals surface area contributed by atoms with Gasteiger partial charge in [-0.1, -0.05) is 6.07 Å². The van der Waals surface area contributed by atoms with Crippen LogP contribution in [0.25, 0.3) is 0 Å². The lowest BCUT2D eigenvalue weighted by atomic mass is 9.90. The Morgan fingerprint density at radius 1 is 1.32 bits per heavy atom. The van der Waals surface area contributed by atoms with Crippen molar-refractivity contribution in [2.75, 3.05) is 31.1 Å². The number of nitrogens with zero attached hydrogens (tertiary/aromatic N) is 1. The molecule has 3 rings (SSSR count). The number of rotatable bonds is 1. The van der Waals surface area contributed by atoms with Crippen LogP contribution in [0.2, 0.25) is 0 Å². The summed E-state index contributed by atoms with van der Waals surface area (Å²) in [4.78, 5) is 13.8. The van der Waals surface area contributed by atoms with E-state index in [9.17, 15) is 9.90 Å². The fourth-order valence-corrected chi connectivity index (χ4v) is 2.80. The Hall–Kier alpha value is -1.59. The minimum absolute atomic E-state index is 0.0465. The predicted molar refractivity (Wildman–Crippen MR) is 71.2 cm³/mol. The number of nitrogens with one attached hydrogen (secondary N) is 1. The van der Waals surface area contributed by atoms with Crippen molar-refractivity contribution in [3.63, 3.8) is 0 Å². The van der Waals surface area contributed by atoms with Crippen molar-refractivity contribution in [1.29, 1.82) is 0 Å². The third-order valence-corrected chi connectivity index (χ3v) is 3.91. The molecule has 1 amide bonds. The van der Waals surface area contributed by atoms with Gasteiger partial charge in [-0.2, -0.15) is 0 Å². The molecule has 1 spiro atoms. The van der Waals surface area contributed by atoms with E-state index in [4.69, 9.17) is 4.74 Å². The number of piperidine rings is 1. The minimum Gasteiger partial charge on any atom is -0.508 e. The van der Waals surface area contributed by atoms with E-state index in [0.29, 0.717) is 6.54 Å². The molecule has 2 aliphatic heterocycles. The monoisotopic (exact) mass is 262 g/mol. The van der Waals surface area contributed by atoms with E-state index in [1.54, 1.807) is 23.1 Å². The Bertz CT molecular complexity index is 483. The summed E-state index contributed by atoms with van der Waals surface area (Å²) in [5.74, 6) is 0.130. The number of ether oxygens (including phenoxy) is 1. The van der Waals surface area contributed by atoms with E-state index < -0.39 is 0 Å². The standard InChI is InChI=1S/C14H18N2O3/c17-12-3-1-2-11(8-12)16-10-14(19-9-13(16)18)4-6-15-7-5-14/h1-3,8,15,17H,4-7,9-10H2. The summed E-state index contributed by atoms with van der Waals surface area (Å²) in [5.41, 5.74) is 0.510. The number of carbonyl (C=O) groups excluding carboxylic acids is 1. The molecule has 0 saturated carbocycles. The second-order valence-corrected chi connectivity index (χ2v) is 5.22. The van der Waals surface area contributed by atoms with Gasteiger partial charge in [0.05, 0.1) is 12.1 Å². The molecule has 1 aromatic carbocycles. The molecule has 5 nitrogen and oxygen atoms in total.